The van der Waals surface area contributed by atoms with Crippen molar-refractivity contribution >= 4 is 37.7 Å². The quantitative estimate of drug-likeness (QED) is 0.770. The number of aryl methyl sites for hydroxylation is 1. The van der Waals surface area contributed by atoms with Crippen LogP contribution in [0.1, 0.15) is 11.1 Å². The fraction of sp³-hybridized carbons (Fsp3) is 0.235. The monoisotopic (exact) mass is 425 g/mol. The highest BCUT2D eigenvalue weighted by Crippen LogP contribution is 2.21. The van der Waals surface area contributed by atoms with E-state index < -0.39 is 10.0 Å². The largest absolute Gasteiger partial charge is 0.323 e. The molecule has 0 spiro atoms. The first kappa shape index (κ1) is 19.4. The van der Waals surface area contributed by atoms with Crippen LogP contribution in [-0.4, -0.2) is 33.4 Å². The van der Waals surface area contributed by atoms with Crippen LogP contribution in [0.25, 0.3) is 0 Å². The van der Waals surface area contributed by atoms with Crippen LogP contribution >= 0.6 is 15.9 Å². The summed E-state index contributed by atoms with van der Waals surface area (Å²) in [6.45, 7) is 2.22. The second-order valence-electron chi connectivity index (χ2n) is 5.56. The summed E-state index contributed by atoms with van der Waals surface area (Å²) in [4.78, 5) is 14.1. The van der Waals surface area contributed by atoms with E-state index in [1.54, 1.807) is 20.0 Å². The number of hydrogen-bond donors (Lipinski definition) is 2. The third kappa shape index (κ3) is 4.81. The normalized spacial score (nSPS) is 11.2. The third-order valence-corrected chi connectivity index (χ3v) is 5.93. The zero-order valence-corrected chi connectivity index (χ0v) is 16.6. The van der Waals surface area contributed by atoms with Gasteiger partial charge < -0.3 is 10.2 Å². The molecule has 0 atom stereocenters. The molecule has 0 saturated heterocycles. The van der Waals surface area contributed by atoms with Gasteiger partial charge in [-0.25, -0.2) is 17.9 Å². The van der Waals surface area contributed by atoms with Crippen molar-refractivity contribution in [1.82, 2.24) is 9.62 Å². The van der Waals surface area contributed by atoms with E-state index in [1.807, 2.05) is 24.3 Å². The van der Waals surface area contributed by atoms with Crippen LogP contribution in [0.15, 0.2) is 51.8 Å². The van der Waals surface area contributed by atoms with Gasteiger partial charge in [0.2, 0.25) is 10.0 Å². The number of carbonyl (C=O) groups is 1. The standard InChI is InChI=1S/C17H20BrN3O3S/c1-12-8-9-14(25(23,24)19-2)10-16(12)20-17(22)21(3)11-13-6-4-5-7-15(13)18/h4-10,19H,11H2,1-3H3,(H,20,22). The maximum atomic E-state index is 12.4. The number of hydrogen-bond acceptors (Lipinski definition) is 3. The fourth-order valence-corrected chi connectivity index (χ4v) is 3.35. The van der Waals surface area contributed by atoms with Gasteiger partial charge in [-0.3, -0.25) is 0 Å². The number of halogens is 1. The van der Waals surface area contributed by atoms with Gasteiger partial charge in [0.15, 0.2) is 0 Å². The first-order valence-electron chi connectivity index (χ1n) is 7.54. The molecule has 2 aromatic carbocycles. The Kier molecular flexibility index (Phi) is 6.21. The average molecular weight is 426 g/mol. The van der Waals surface area contributed by atoms with Gasteiger partial charge in [-0.05, 0) is 43.3 Å². The molecule has 8 heteroatoms. The maximum absolute atomic E-state index is 12.4. The number of sulfonamides is 1. The molecular formula is C17H20BrN3O3S. The molecule has 0 saturated carbocycles. The van der Waals surface area contributed by atoms with Gasteiger partial charge >= 0.3 is 6.03 Å². The van der Waals surface area contributed by atoms with E-state index in [2.05, 4.69) is 26.0 Å². The van der Waals surface area contributed by atoms with Crippen LogP contribution in [0.5, 0.6) is 0 Å². The summed E-state index contributed by atoms with van der Waals surface area (Å²) in [5.74, 6) is 0. The minimum atomic E-state index is -3.57. The summed E-state index contributed by atoms with van der Waals surface area (Å²) in [6.07, 6.45) is 0. The highest BCUT2D eigenvalue weighted by atomic mass is 79.9. The SMILES string of the molecule is CNS(=O)(=O)c1ccc(C)c(NC(=O)N(C)Cc2ccccc2Br)c1. The lowest BCUT2D eigenvalue weighted by molar-refractivity contribution is 0.220. The van der Waals surface area contributed by atoms with Crippen LogP contribution < -0.4 is 10.0 Å². The van der Waals surface area contributed by atoms with Crippen molar-refractivity contribution in [3.8, 4) is 0 Å². The average Bonchev–Trinajstić information content (AvgIpc) is 2.58. The molecule has 0 aliphatic rings. The summed E-state index contributed by atoms with van der Waals surface area (Å²) < 4.78 is 27.0. The Hall–Kier alpha value is -1.90. The molecule has 134 valence electrons. The van der Waals surface area contributed by atoms with E-state index in [1.165, 1.54) is 24.1 Å². The van der Waals surface area contributed by atoms with Crippen LogP contribution in [0.2, 0.25) is 0 Å². The molecule has 0 aliphatic heterocycles. The maximum Gasteiger partial charge on any atom is 0.321 e. The topological polar surface area (TPSA) is 78.5 Å². The molecule has 2 amide bonds. The van der Waals surface area contributed by atoms with Crippen molar-refractivity contribution in [3.05, 3.63) is 58.1 Å². The number of nitrogens with zero attached hydrogens (tertiary/aromatic N) is 1. The Balaban J connectivity index is 2.17. The third-order valence-electron chi connectivity index (χ3n) is 3.74. The lowest BCUT2D eigenvalue weighted by Gasteiger charge is -2.20. The number of urea groups is 1. The molecule has 0 bridgehead atoms. The van der Waals surface area contributed by atoms with Gasteiger partial charge in [0.1, 0.15) is 0 Å². The predicted molar refractivity (Wildman–Crippen MR) is 102 cm³/mol. The van der Waals surface area contributed by atoms with Gasteiger partial charge in [-0.1, -0.05) is 40.2 Å². The molecule has 0 aromatic heterocycles. The van der Waals surface area contributed by atoms with Crippen LogP contribution in [0.3, 0.4) is 0 Å². The lowest BCUT2D eigenvalue weighted by atomic mass is 10.2. The van der Waals surface area contributed by atoms with Crippen molar-refractivity contribution in [3.63, 3.8) is 0 Å². The van der Waals surface area contributed by atoms with Gasteiger partial charge in [0.05, 0.1) is 4.90 Å². The Bertz CT molecular complexity index is 884. The molecule has 2 aromatic rings. The van der Waals surface area contributed by atoms with Crippen LogP contribution in [-0.2, 0) is 16.6 Å². The van der Waals surface area contributed by atoms with E-state index in [9.17, 15) is 13.2 Å². The van der Waals surface area contributed by atoms with E-state index in [0.717, 1.165) is 15.6 Å². The number of nitrogens with one attached hydrogen (secondary N) is 2. The van der Waals surface area contributed by atoms with Crippen molar-refractivity contribution in [2.45, 2.75) is 18.4 Å². The highest BCUT2D eigenvalue weighted by Gasteiger charge is 2.16. The second kappa shape index (κ2) is 7.99. The Morgan fingerprint density at radius 1 is 1.20 bits per heavy atom. The van der Waals surface area contributed by atoms with Gasteiger partial charge in [-0.2, -0.15) is 0 Å². The number of benzene rings is 2. The van der Waals surface area contributed by atoms with E-state index in [4.69, 9.17) is 0 Å². The minimum absolute atomic E-state index is 0.101. The van der Waals surface area contributed by atoms with Crippen molar-refractivity contribution in [2.75, 3.05) is 19.4 Å². The molecule has 25 heavy (non-hydrogen) atoms. The molecule has 0 fully saturated rings. The van der Waals surface area contributed by atoms with Gasteiger partial charge in [0.25, 0.3) is 0 Å². The summed E-state index contributed by atoms with van der Waals surface area (Å²) in [6, 6.07) is 11.9. The fourth-order valence-electron chi connectivity index (χ4n) is 2.19. The van der Waals surface area contributed by atoms with Crippen LogP contribution in [0.4, 0.5) is 10.5 Å². The zero-order chi connectivity index (χ0) is 18.6. The first-order valence-corrected chi connectivity index (χ1v) is 9.82. The number of carbonyl (C=O) groups excluding carboxylic acids is 1. The smallest absolute Gasteiger partial charge is 0.321 e. The molecule has 2 N–H and O–H groups in total. The van der Waals surface area contributed by atoms with Crippen molar-refractivity contribution in [2.24, 2.45) is 0 Å². The van der Waals surface area contributed by atoms with E-state index in [-0.39, 0.29) is 10.9 Å². The van der Waals surface area contributed by atoms with E-state index in [0.29, 0.717) is 12.2 Å². The first-order chi connectivity index (χ1) is 11.7. The molecule has 0 radical (unpaired) electrons. The second-order valence-corrected chi connectivity index (χ2v) is 8.30. The predicted octanol–water partition coefficient (Wildman–Crippen LogP) is 3.33. The molecular weight excluding hydrogens is 406 g/mol. The summed E-state index contributed by atoms with van der Waals surface area (Å²) in [5.41, 5.74) is 2.21. The zero-order valence-electron chi connectivity index (χ0n) is 14.2. The number of rotatable bonds is 5. The molecule has 0 aliphatic carbocycles. The van der Waals surface area contributed by atoms with Gasteiger partial charge in [0, 0.05) is 23.8 Å². The summed E-state index contributed by atoms with van der Waals surface area (Å²) >= 11 is 3.46. The number of anilines is 1. The summed E-state index contributed by atoms with van der Waals surface area (Å²) in [5, 5.41) is 2.77. The van der Waals surface area contributed by atoms with Crippen LogP contribution in [0, 0.1) is 6.92 Å². The summed E-state index contributed by atoms with van der Waals surface area (Å²) in [7, 11) is -0.544. The molecule has 6 nitrogen and oxygen atoms in total. The minimum Gasteiger partial charge on any atom is -0.323 e. The number of amides is 2. The van der Waals surface area contributed by atoms with Crippen molar-refractivity contribution < 1.29 is 13.2 Å². The van der Waals surface area contributed by atoms with E-state index >= 15 is 0 Å². The molecule has 0 heterocycles. The highest BCUT2D eigenvalue weighted by molar-refractivity contribution is 9.10. The molecule has 0 unspecified atom stereocenters. The van der Waals surface area contributed by atoms with Crippen molar-refractivity contribution in [1.29, 1.82) is 0 Å². The Morgan fingerprint density at radius 2 is 1.88 bits per heavy atom. The lowest BCUT2D eigenvalue weighted by Crippen LogP contribution is -2.31. The Labute approximate surface area is 156 Å². The van der Waals surface area contributed by atoms with Gasteiger partial charge in [-0.15, -0.1) is 0 Å². The Morgan fingerprint density at radius 3 is 2.52 bits per heavy atom. The molecule has 2 rings (SSSR count).